The normalized spacial score (nSPS) is 14.2. The van der Waals surface area contributed by atoms with Gasteiger partial charge in [-0.2, -0.15) is 0 Å². The third kappa shape index (κ3) is 4.32. The molecular weight excluding hydrogens is 333 g/mol. The Kier molecular flexibility index (Phi) is 7.35. The molecule has 0 fully saturated rings. The van der Waals surface area contributed by atoms with Gasteiger partial charge in [-0.05, 0) is 5.56 Å². The quantitative estimate of drug-likeness (QED) is 0.569. The van der Waals surface area contributed by atoms with Gasteiger partial charge in [-0.3, -0.25) is 9.36 Å². The maximum atomic E-state index is 13.0. The molecule has 0 aliphatic rings. The van der Waals surface area contributed by atoms with Crippen LogP contribution in [-0.4, -0.2) is 38.5 Å². The predicted molar refractivity (Wildman–Crippen MR) is 90.3 cm³/mol. The molecule has 1 N–H and O–H groups in total. The fraction of sp³-hybridized carbons (Fsp3) is 0.375. The Bertz CT molecular complexity index is 637. The van der Waals surface area contributed by atoms with E-state index in [2.05, 4.69) is 5.32 Å². The summed E-state index contributed by atoms with van der Waals surface area (Å²) in [5.41, 5.74) is 0.878. The van der Waals surface area contributed by atoms with E-state index in [4.69, 9.17) is 13.8 Å². The average molecular weight is 355 g/mol. The van der Waals surface area contributed by atoms with Crippen molar-refractivity contribution in [2.45, 2.75) is 18.6 Å². The number of amides is 1. The number of carbonyl (C=O) groups excluding carboxylic acids is 2. The van der Waals surface area contributed by atoms with E-state index in [-0.39, 0.29) is 6.42 Å². The maximum absolute atomic E-state index is 13.0. The molecule has 0 unspecified atom stereocenters. The Morgan fingerprint density at radius 3 is 2.21 bits per heavy atom. The first-order chi connectivity index (χ1) is 11.3. The van der Waals surface area contributed by atoms with E-state index in [1.807, 2.05) is 30.3 Å². The van der Waals surface area contributed by atoms with Crippen LogP contribution in [0.15, 0.2) is 36.4 Å². The van der Waals surface area contributed by atoms with Crippen LogP contribution in [0.25, 0.3) is 6.08 Å². The van der Waals surface area contributed by atoms with Crippen molar-refractivity contribution in [1.29, 1.82) is 0 Å². The first kappa shape index (κ1) is 20.1. The van der Waals surface area contributed by atoms with Gasteiger partial charge in [-0.1, -0.05) is 42.5 Å². The lowest BCUT2D eigenvalue weighted by atomic mass is 10.1. The SMILES string of the molecule is COC(=O)[C@](C/C=C/c1ccccc1)(NC(C)=O)P(=O)(OC)OC. The molecule has 0 aliphatic carbocycles. The highest BCUT2D eigenvalue weighted by Crippen LogP contribution is 2.59. The second-order valence-electron chi connectivity index (χ2n) is 4.91. The number of nitrogens with one attached hydrogen (secondary N) is 1. The zero-order valence-corrected chi connectivity index (χ0v) is 15.0. The highest BCUT2D eigenvalue weighted by Gasteiger charge is 2.57. The van der Waals surface area contributed by atoms with E-state index in [1.165, 1.54) is 6.92 Å². The molecule has 0 saturated heterocycles. The average Bonchev–Trinajstić information content (AvgIpc) is 2.59. The van der Waals surface area contributed by atoms with E-state index in [0.29, 0.717) is 0 Å². The largest absolute Gasteiger partial charge is 0.467 e. The maximum Gasteiger partial charge on any atom is 0.367 e. The van der Waals surface area contributed by atoms with Crippen molar-refractivity contribution < 1.29 is 27.9 Å². The molecule has 1 rings (SSSR count). The zero-order valence-electron chi connectivity index (χ0n) is 14.1. The summed E-state index contributed by atoms with van der Waals surface area (Å²) in [5.74, 6) is -1.48. The van der Waals surface area contributed by atoms with Crippen LogP contribution < -0.4 is 5.32 Å². The fourth-order valence-corrected chi connectivity index (χ4v) is 3.96. The highest BCUT2D eigenvalue weighted by atomic mass is 31.2. The third-order valence-electron chi connectivity index (χ3n) is 3.38. The Morgan fingerprint density at radius 1 is 1.17 bits per heavy atom. The Balaban J connectivity index is 3.29. The van der Waals surface area contributed by atoms with E-state index in [1.54, 1.807) is 12.2 Å². The molecule has 0 aliphatic heterocycles. The van der Waals surface area contributed by atoms with Gasteiger partial charge in [0.15, 0.2) is 0 Å². The van der Waals surface area contributed by atoms with Crippen LogP contribution in [0.4, 0.5) is 0 Å². The summed E-state index contributed by atoms with van der Waals surface area (Å²) in [4.78, 5) is 24.0. The molecule has 0 heterocycles. The lowest BCUT2D eigenvalue weighted by Gasteiger charge is -2.34. The lowest BCUT2D eigenvalue weighted by Crippen LogP contribution is -2.54. The number of hydrogen-bond acceptors (Lipinski definition) is 6. The summed E-state index contributed by atoms with van der Waals surface area (Å²) >= 11 is 0. The van der Waals surface area contributed by atoms with Crippen molar-refractivity contribution in [3.63, 3.8) is 0 Å². The van der Waals surface area contributed by atoms with Gasteiger partial charge in [0.1, 0.15) is 0 Å². The minimum atomic E-state index is -4.03. The van der Waals surface area contributed by atoms with Crippen LogP contribution in [0.3, 0.4) is 0 Å². The van der Waals surface area contributed by atoms with Gasteiger partial charge in [0.25, 0.3) is 0 Å². The van der Waals surface area contributed by atoms with E-state index >= 15 is 0 Å². The molecule has 7 nitrogen and oxygen atoms in total. The number of hydrogen-bond donors (Lipinski definition) is 1. The summed E-state index contributed by atoms with van der Waals surface area (Å²) in [6.45, 7) is 1.20. The van der Waals surface area contributed by atoms with Gasteiger partial charge in [-0.15, -0.1) is 0 Å². The van der Waals surface area contributed by atoms with E-state index in [0.717, 1.165) is 26.9 Å². The zero-order chi connectivity index (χ0) is 18.2. The molecule has 0 radical (unpaired) electrons. The number of esters is 1. The van der Waals surface area contributed by atoms with Crippen molar-refractivity contribution in [2.24, 2.45) is 0 Å². The molecule has 0 aromatic heterocycles. The molecular formula is C16H22NO6P. The van der Waals surface area contributed by atoms with Gasteiger partial charge in [0.05, 0.1) is 7.11 Å². The van der Waals surface area contributed by atoms with Crippen molar-refractivity contribution in [3.8, 4) is 0 Å². The molecule has 0 spiro atoms. The number of benzene rings is 1. The Labute approximate surface area is 141 Å². The molecule has 0 bridgehead atoms. The van der Waals surface area contributed by atoms with E-state index < -0.39 is 24.8 Å². The molecule has 24 heavy (non-hydrogen) atoms. The molecule has 1 atom stereocenters. The molecule has 1 aromatic carbocycles. The van der Waals surface area contributed by atoms with Crippen molar-refractivity contribution in [2.75, 3.05) is 21.3 Å². The first-order valence-electron chi connectivity index (χ1n) is 7.15. The summed E-state index contributed by atoms with van der Waals surface area (Å²) in [6, 6.07) is 9.31. The molecule has 132 valence electrons. The highest BCUT2D eigenvalue weighted by molar-refractivity contribution is 7.56. The van der Waals surface area contributed by atoms with Gasteiger partial charge in [0.2, 0.25) is 11.2 Å². The monoisotopic (exact) mass is 355 g/mol. The Hall–Kier alpha value is -1.95. The second kappa shape index (κ2) is 8.78. The summed E-state index contributed by atoms with van der Waals surface area (Å²) in [6.07, 6.45) is 3.20. The van der Waals surface area contributed by atoms with Crippen LogP contribution in [0.5, 0.6) is 0 Å². The first-order valence-corrected chi connectivity index (χ1v) is 8.70. The van der Waals surface area contributed by atoms with Gasteiger partial charge in [0, 0.05) is 27.6 Å². The number of methoxy groups -OCH3 is 1. The molecule has 1 amide bonds. The standard InChI is InChI=1S/C16H22NO6P/c1-13(18)17-16(15(19)21-2,24(20,22-3)23-4)12-8-11-14-9-6-5-7-10-14/h5-11H,12H2,1-4H3,(H,17,18)/b11-8+/t16-/m1/s1. The molecule has 8 heteroatoms. The van der Waals surface area contributed by atoms with Crippen LogP contribution in [0.2, 0.25) is 0 Å². The predicted octanol–water partition coefficient (Wildman–Crippen LogP) is 2.58. The topological polar surface area (TPSA) is 90.9 Å². The summed E-state index contributed by atoms with van der Waals surface area (Å²) in [5, 5.41) is 0.425. The van der Waals surface area contributed by atoms with Crippen LogP contribution in [0, 0.1) is 0 Å². The smallest absolute Gasteiger partial charge is 0.367 e. The molecule has 0 saturated carbocycles. The van der Waals surface area contributed by atoms with Crippen LogP contribution in [-0.2, 0) is 27.9 Å². The van der Waals surface area contributed by atoms with Gasteiger partial charge < -0.3 is 19.1 Å². The summed E-state index contributed by atoms with van der Waals surface area (Å²) < 4.78 is 27.6. The lowest BCUT2D eigenvalue weighted by molar-refractivity contribution is -0.147. The van der Waals surface area contributed by atoms with Crippen molar-refractivity contribution >= 4 is 25.5 Å². The second-order valence-corrected chi connectivity index (χ2v) is 7.40. The summed E-state index contributed by atoms with van der Waals surface area (Å²) in [7, 11) is -0.606. The van der Waals surface area contributed by atoms with Crippen LogP contribution in [0.1, 0.15) is 18.9 Å². The van der Waals surface area contributed by atoms with Gasteiger partial charge >= 0.3 is 13.6 Å². The Morgan fingerprint density at radius 2 is 1.75 bits per heavy atom. The van der Waals surface area contributed by atoms with Crippen molar-refractivity contribution in [3.05, 3.63) is 42.0 Å². The van der Waals surface area contributed by atoms with Gasteiger partial charge in [-0.25, -0.2) is 4.79 Å². The minimum Gasteiger partial charge on any atom is -0.467 e. The fourth-order valence-electron chi connectivity index (χ4n) is 2.25. The van der Waals surface area contributed by atoms with E-state index in [9.17, 15) is 14.2 Å². The third-order valence-corrected chi connectivity index (χ3v) is 5.75. The number of ether oxygens (including phenoxy) is 1. The molecule has 1 aromatic rings. The van der Waals surface area contributed by atoms with Crippen LogP contribution >= 0.6 is 7.60 Å². The van der Waals surface area contributed by atoms with Crippen molar-refractivity contribution in [1.82, 2.24) is 5.32 Å². The number of carbonyl (C=O) groups is 2. The number of rotatable bonds is 8. The minimum absolute atomic E-state index is 0.132.